The Labute approximate surface area is 221 Å². The van der Waals surface area contributed by atoms with Crippen molar-refractivity contribution in [2.45, 2.75) is 11.8 Å². The fraction of sp³-hybridized carbons (Fsp3) is 0.143. The van der Waals surface area contributed by atoms with E-state index in [1.165, 1.54) is 5.57 Å². The molecule has 0 amide bonds. The van der Waals surface area contributed by atoms with Gasteiger partial charge in [0.05, 0.1) is 30.1 Å². The van der Waals surface area contributed by atoms with E-state index < -0.39 is 10.0 Å². The van der Waals surface area contributed by atoms with Gasteiger partial charge in [-0.25, -0.2) is 18.4 Å². The molecule has 2 heterocycles. The lowest BCUT2D eigenvalue weighted by Crippen LogP contribution is -2.21. The van der Waals surface area contributed by atoms with Gasteiger partial charge in [0, 0.05) is 42.3 Å². The van der Waals surface area contributed by atoms with E-state index in [4.69, 9.17) is 9.47 Å². The average molecular weight is 530 g/mol. The molecular formula is C28H27N5O4S. The molecule has 0 radical (unpaired) electrons. The number of rotatable bonds is 8. The van der Waals surface area contributed by atoms with E-state index in [1.54, 1.807) is 56.7 Å². The van der Waals surface area contributed by atoms with Gasteiger partial charge < -0.3 is 19.7 Å². The molecule has 0 unspecified atom stereocenters. The van der Waals surface area contributed by atoms with Crippen LogP contribution in [0.25, 0.3) is 11.0 Å². The zero-order valence-electron chi connectivity index (χ0n) is 21.2. The molecule has 0 atom stereocenters. The largest absolute Gasteiger partial charge is 0.497 e. The number of ether oxygens (including phenoxy) is 2. The van der Waals surface area contributed by atoms with Crippen LogP contribution in [0.3, 0.4) is 0 Å². The van der Waals surface area contributed by atoms with Crippen molar-refractivity contribution in [1.82, 2.24) is 9.97 Å². The predicted octanol–water partition coefficient (Wildman–Crippen LogP) is 5.47. The van der Waals surface area contributed by atoms with Crippen molar-refractivity contribution in [1.29, 1.82) is 0 Å². The number of aromatic nitrogens is 2. The summed E-state index contributed by atoms with van der Waals surface area (Å²) in [5, 5.41) is 3.17. The van der Waals surface area contributed by atoms with Gasteiger partial charge >= 0.3 is 0 Å². The van der Waals surface area contributed by atoms with E-state index >= 15 is 0 Å². The summed E-state index contributed by atoms with van der Waals surface area (Å²) in [6.45, 7) is 2.71. The Kier molecular flexibility index (Phi) is 6.89. The van der Waals surface area contributed by atoms with Crippen molar-refractivity contribution in [3.05, 3.63) is 90.7 Å². The van der Waals surface area contributed by atoms with Crippen LogP contribution in [0.2, 0.25) is 0 Å². The summed E-state index contributed by atoms with van der Waals surface area (Å²) in [6.07, 6.45) is 5.89. The maximum atomic E-state index is 13.5. The molecule has 1 aliphatic heterocycles. The van der Waals surface area contributed by atoms with Gasteiger partial charge in [-0.2, -0.15) is 0 Å². The number of nitrogens with zero attached hydrogens (tertiary/aromatic N) is 3. The Morgan fingerprint density at radius 3 is 2.21 bits per heavy atom. The summed E-state index contributed by atoms with van der Waals surface area (Å²) in [5.74, 6) is 1.43. The molecule has 10 heteroatoms. The molecule has 0 saturated heterocycles. The van der Waals surface area contributed by atoms with Crippen LogP contribution in [0.15, 0.2) is 95.6 Å². The van der Waals surface area contributed by atoms with Crippen LogP contribution in [0.1, 0.15) is 6.92 Å². The highest BCUT2D eigenvalue weighted by molar-refractivity contribution is 7.92. The first-order valence-corrected chi connectivity index (χ1v) is 13.3. The molecule has 0 aliphatic carbocycles. The number of para-hydroxylation sites is 2. The van der Waals surface area contributed by atoms with E-state index in [0.29, 0.717) is 34.8 Å². The van der Waals surface area contributed by atoms with E-state index in [0.717, 1.165) is 5.69 Å². The van der Waals surface area contributed by atoms with Crippen LogP contribution in [-0.2, 0) is 10.0 Å². The molecule has 0 spiro atoms. The summed E-state index contributed by atoms with van der Waals surface area (Å²) in [7, 11) is -0.895. The van der Waals surface area contributed by atoms with Crippen LogP contribution in [0.5, 0.6) is 11.5 Å². The van der Waals surface area contributed by atoms with Crippen molar-refractivity contribution in [2.24, 2.45) is 0 Å². The minimum atomic E-state index is -4.00. The van der Waals surface area contributed by atoms with E-state index in [1.807, 2.05) is 54.4 Å². The molecule has 5 rings (SSSR count). The lowest BCUT2D eigenvalue weighted by molar-refractivity contribution is 0.395. The highest BCUT2D eigenvalue weighted by Gasteiger charge is 2.21. The SMILES string of the molecule is COc1cc(Nc2nc3ccccc3nc2NS(=O)(=O)c2cccc(N3C=CC=C(C)C3)c2)cc(OC)c1. The molecule has 2 N–H and O–H groups in total. The Bertz CT molecular complexity index is 1650. The molecule has 1 aromatic heterocycles. The first-order valence-electron chi connectivity index (χ1n) is 11.8. The number of nitrogens with one attached hydrogen (secondary N) is 2. The zero-order chi connectivity index (χ0) is 26.7. The first kappa shape index (κ1) is 25.1. The van der Waals surface area contributed by atoms with Gasteiger partial charge in [-0.3, -0.25) is 4.72 Å². The lowest BCUT2D eigenvalue weighted by Gasteiger charge is -2.24. The number of methoxy groups -OCH3 is 2. The van der Waals surface area contributed by atoms with Crippen molar-refractivity contribution in [3.63, 3.8) is 0 Å². The molecule has 9 nitrogen and oxygen atoms in total. The maximum absolute atomic E-state index is 13.5. The van der Waals surface area contributed by atoms with Crippen molar-refractivity contribution in [3.8, 4) is 11.5 Å². The third-order valence-corrected chi connectivity index (χ3v) is 7.28. The standard InChI is InChI=1S/C28H27N5O4S/c1-19-8-7-13-33(18-19)21-9-6-10-24(16-21)38(34,35)32-28-27(30-25-11-4-5-12-26(25)31-28)29-20-14-22(36-2)17-23(15-20)37-3/h4-17H,18H2,1-3H3,(H,29,30)(H,31,32). The van der Waals surface area contributed by atoms with E-state index in [-0.39, 0.29) is 16.5 Å². The Hall–Kier alpha value is -4.57. The molecule has 0 saturated carbocycles. The number of hydrogen-bond acceptors (Lipinski definition) is 8. The molecular weight excluding hydrogens is 502 g/mol. The summed E-state index contributed by atoms with van der Waals surface area (Å²) < 4.78 is 40.5. The third-order valence-electron chi connectivity index (χ3n) is 5.94. The van der Waals surface area contributed by atoms with Crippen LogP contribution in [0, 0.1) is 0 Å². The summed E-state index contributed by atoms with van der Waals surface area (Å²) in [4.78, 5) is 11.3. The van der Waals surface area contributed by atoms with Crippen molar-refractivity contribution < 1.29 is 17.9 Å². The predicted molar refractivity (Wildman–Crippen MR) is 150 cm³/mol. The highest BCUT2D eigenvalue weighted by Crippen LogP contribution is 2.32. The fourth-order valence-corrected chi connectivity index (χ4v) is 5.10. The second-order valence-corrected chi connectivity index (χ2v) is 10.4. The number of fused-ring (bicyclic) bond motifs is 1. The van der Waals surface area contributed by atoms with Crippen LogP contribution in [0.4, 0.5) is 23.0 Å². The Morgan fingerprint density at radius 2 is 1.55 bits per heavy atom. The molecule has 1 aliphatic rings. The van der Waals surface area contributed by atoms with Gasteiger partial charge in [0.1, 0.15) is 11.5 Å². The van der Waals surface area contributed by atoms with Gasteiger partial charge in [-0.15, -0.1) is 0 Å². The van der Waals surface area contributed by atoms with Gasteiger partial charge in [0.2, 0.25) is 0 Å². The topological polar surface area (TPSA) is 106 Å². The van der Waals surface area contributed by atoms with Crippen LogP contribution in [-0.4, -0.2) is 39.2 Å². The van der Waals surface area contributed by atoms with E-state index in [2.05, 4.69) is 20.0 Å². The van der Waals surface area contributed by atoms with Crippen LogP contribution >= 0.6 is 0 Å². The molecule has 194 valence electrons. The zero-order valence-corrected chi connectivity index (χ0v) is 22.0. The number of hydrogen-bond donors (Lipinski definition) is 2. The third kappa shape index (κ3) is 5.40. The van der Waals surface area contributed by atoms with Gasteiger partial charge in [0.15, 0.2) is 11.6 Å². The van der Waals surface area contributed by atoms with E-state index in [9.17, 15) is 8.42 Å². The Morgan fingerprint density at radius 1 is 0.868 bits per heavy atom. The highest BCUT2D eigenvalue weighted by atomic mass is 32.2. The molecule has 0 fully saturated rings. The van der Waals surface area contributed by atoms with Gasteiger partial charge in [-0.1, -0.05) is 29.8 Å². The van der Waals surface area contributed by atoms with Crippen molar-refractivity contribution >= 4 is 44.1 Å². The fourth-order valence-electron chi connectivity index (χ4n) is 4.05. The maximum Gasteiger partial charge on any atom is 0.263 e. The van der Waals surface area contributed by atoms with Gasteiger partial charge in [0.25, 0.3) is 10.0 Å². The monoisotopic (exact) mass is 529 g/mol. The number of anilines is 4. The summed E-state index contributed by atoms with van der Waals surface area (Å²) in [6, 6.07) is 19.3. The average Bonchev–Trinajstić information content (AvgIpc) is 2.93. The molecule has 0 bridgehead atoms. The summed E-state index contributed by atoms with van der Waals surface area (Å²) in [5.41, 5.74) is 3.69. The number of benzene rings is 3. The smallest absolute Gasteiger partial charge is 0.263 e. The summed E-state index contributed by atoms with van der Waals surface area (Å²) >= 11 is 0. The molecule has 3 aromatic carbocycles. The molecule has 38 heavy (non-hydrogen) atoms. The number of allylic oxidation sites excluding steroid dienone is 2. The van der Waals surface area contributed by atoms with Crippen LogP contribution < -0.4 is 24.4 Å². The second-order valence-electron chi connectivity index (χ2n) is 8.72. The first-order chi connectivity index (χ1) is 18.3. The van der Waals surface area contributed by atoms with Crippen molar-refractivity contribution in [2.75, 3.05) is 35.7 Å². The number of sulfonamides is 1. The minimum absolute atomic E-state index is 0.0625. The second kappa shape index (κ2) is 10.4. The lowest BCUT2D eigenvalue weighted by atomic mass is 10.2. The minimum Gasteiger partial charge on any atom is -0.497 e. The van der Waals surface area contributed by atoms with Gasteiger partial charge in [-0.05, 0) is 43.3 Å². The normalized spacial score (nSPS) is 13.2. The Balaban J connectivity index is 1.52. The molecule has 4 aromatic rings. The quantitative estimate of drug-likeness (QED) is 0.310.